The fourth-order valence-corrected chi connectivity index (χ4v) is 4.96. The number of rotatable bonds is 5. The molecule has 0 saturated heterocycles. The lowest BCUT2D eigenvalue weighted by atomic mass is 9.85. The molecule has 0 radical (unpaired) electrons. The number of hydrogen-bond acceptors (Lipinski definition) is 0. The van der Waals surface area contributed by atoms with E-state index in [-0.39, 0.29) is 0 Å². The van der Waals surface area contributed by atoms with Gasteiger partial charge in [-0.05, 0) is 83.0 Å². The van der Waals surface area contributed by atoms with Crippen molar-refractivity contribution >= 4 is 0 Å². The summed E-state index contributed by atoms with van der Waals surface area (Å²) in [7, 11) is 0. The molecule has 32 heavy (non-hydrogen) atoms. The van der Waals surface area contributed by atoms with Crippen molar-refractivity contribution in [3.8, 4) is 0 Å². The van der Waals surface area contributed by atoms with E-state index in [9.17, 15) is 0 Å². The van der Waals surface area contributed by atoms with Crippen LogP contribution in [0, 0.1) is 0 Å². The fraction of sp³-hybridized carbons (Fsp3) is 0.250. The zero-order valence-corrected chi connectivity index (χ0v) is 19.1. The first kappa shape index (κ1) is 20.8. The third-order valence-corrected chi connectivity index (χ3v) is 7.11. The lowest BCUT2D eigenvalue weighted by Crippen LogP contribution is -2.06. The molecule has 0 heterocycles. The van der Waals surface area contributed by atoms with Crippen LogP contribution in [-0.4, -0.2) is 0 Å². The smallest absolute Gasteiger partial charge is 0.00638 e. The van der Waals surface area contributed by atoms with Crippen LogP contribution in [0.4, 0.5) is 0 Å². The summed E-state index contributed by atoms with van der Waals surface area (Å²) >= 11 is 0. The number of benzene rings is 4. The van der Waals surface area contributed by atoms with Gasteiger partial charge in [0.2, 0.25) is 0 Å². The largest absolute Gasteiger partial charge is 0.0622 e. The van der Waals surface area contributed by atoms with E-state index in [1.165, 1.54) is 44.5 Å². The normalized spacial score (nSPS) is 14.0. The maximum atomic E-state index is 2.48. The summed E-state index contributed by atoms with van der Waals surface area (Å²) in [6.07, 6.45) is 6.63. The summed E-state index contributed by atoms with van der Waals surface area (Å²) in [6, 6.07) is 36.6. The first-order chi connectivity index (χ1) is 15.7. The van der Waals surface area contributed by atoms with Gasteiger partial charge in [0, 0.05) is 5.92 Å². The minimum absolute atomic E-state index is 0.414. The third kappa shape index (κ3) is 4.86. The van der Waals surface area contributed by atoms with Crippen molar-refractivity contribution in [2.24, 2.45) is 0 Å². The lowest BCUT2D eigenvalue weighted by molar-refractivity contribution is 0.849. The molecule has 160 valence electrons. The van der Waals surface area contributed by atoms with E-state index in [1.807, 2.05) is 0 Å². The van der Waals surface area contributed by atoms with Crippen LogP contribution in [-0.2, 0) is 38.5 Å². The van der Waals surface area contributed by atoms with Crippen LogP contribution < -0.4 is 0 Å². The topological polar surface area (TPSA) is 0 Å². The Hall–Kier alpha value is -3.12. The zero-order valence-electron chi connectivity index (χ0n) is 19.1. The maximum absolute atomic E-state index is 2.48. The molecule has 4 aromatic carbocycles. The van der Waals surface area contributed by atoms with E-state index in [4.69, 9.17) is 0 Å². The molecular weight excluding hydrogens is 384 g/mol. The average Bonchev–Trinajstić information content (AvgIpc) is 2.85. The first-order valence-electron chi connectivity index (χ1n) is 12.1. The third-order valence-electron chi connectivity index (χ3n) is 7.11. The predicted molar refractivity (Wildman–Crippen MR) is 136 cm³/mol. The Balaban J connectivity index is 1.35. The Morgan fingerprint density at radius 3 is 1.81 bits per heavy atom. The molecule has 0 unspecified atom stereocenters. The summed E-state index contributed by atoms with van der Waals surface area (Å²) in [4.78, 5) is 0. The van der Waals surface area contributed by atoms with Crippen LogP contribution in [0.2, 0.25) is 0 Å². The quantitative estimate of drug-likeness (QED) is 0.316. The van der Waals surface area contributed by atoms with Crippen molar-refractivity contribution in [3.05, 3.63) is 142 Å². The molecule has 1 atom stereocenters. The summed E-state index contributed by atoms with van der Waals surface area (Å²) < 4.78 is 0. The average molecular weight is 417 g/mol. The Bertz CT molecular complexity index is 1150. The van der Waals surface area contributed by atoms with E-state index >= 15 is 0 Å². The molecule has 0 N–H and O–H groups in total. The summed E-state index contributed by atoms with van der Waals surface area (Å²) in [5.41, 5.74) is 11.6. The van der Waals surface area contributed by atoms with Crippen molar-refractivity contribution in [1.29, 1.82) is 0 Å². The van der Waals surface area contributed by atoms with Crippen molar-refractivity contribution in [1.82, 2.24) is 0 Å². The van der Waals surface area contributed by atoms with Crippen molar-refractivity contribution < 1.29 is 0 Å². The molecule has 0 fully saturated rings. The van der Waals surface area contributed by atoms with Crippen LogP contribution in [0.15, 0.2) is 97.1 Å². The van der Waals surface area contributed by atoms with Gasteiger partial charge in [-0.2, -0.15) is 0 Å². The maximum Gasteiger partial charge on any atom is 0.00638 e. The molecule has 0 heteroatoms. The van der Waals surface area contributed by atoms with E-state index in [1.54, 1.807) is 0 Å². The predicted octanol–water partition coefficient (Wildman–Crippen LogP) is 7.51. The van der Waals surface area contributed by atoms with Crippen LogP contribution in [0.1, 0.15) is 57.3 Å². The van der Waals surface area contributed by atoms with Gasteiger partial charge in [0.15, 0.2) is 0 Å². The van der Waals surface area contributed by atoms with Gasteiger partial charge >= 0.3 is 0 Å². The highest BCUT2D eigenvalue weighted by atomic mass is 14.2. The molecule has 0 saturated carbocycles. The molecule has 8 rings (SSSR count). The van der Waals surface area contributed by atoms with Crippen LogP contribution in [0.25, 0.3) is 0 Å². The standard InChI is InChI=1S/C32H32/c1-24(30-19-15-28(16-20-30)8-7-25-5-3-2-4-6-25)32-23-29-14-13-26-9-11-27(12-10-26)17-21-31(32)22-18-29/h2-6,9-12,15-16,18-20,22-24H,7-8,13-14,17,21H2,1H3/t24-/m0/s1. The number of hydrogen-bond donors (Lipinski definition) is 0. The van der Waals surface area contributed by atoms with Gasteiger partial charge in [-0.15, -0.1) is 0 Å². The second-order valence-electron chi connectivity index (χ2n) is 9.30. The van der Waals surface area contributed by atoms with Gasteiger partial charge in [0.1, 0.15) is 0 Å². The highest BCUT2D eigenvalue weighted by Gasteiger charge is 2.15. The van der Waals surface area contributed by atoms with Crippen LogP contribution in [0.3, 0.4) is 0 Å². The van der Waals surface area contributed by atoms with Gasteiger partial charge in [-0.1, -0.05) is 104 Å². The monoisotopic (exact) mass is 416 g/mol. The molecule has 0 spiro atoms. The second kappa shape index (κ2) is 9.57. The molecule has 4 aromatic rings. The second-order valence-corrected chi connectivity index (χ2v) is 9.30. The molecule has 0 aliphatic heterocycles. The summed E-state index contributed by atoms with van der Waals surface area (Å²) in [6.45, 7) is 2.38. The van der Waals surface area contributed by atoms with E-state index in [0.717, 1.165) is 38.5 Å². The molecule has 0 aromatic heterocycles. The van der Waals surface area contributed by atoms with Crippen LogP contribution in [0.5, 0.6) is 0 Å². The number of aryl methyl sites for hydroxylation is 6. The van der Waals surface area contributed by atoms with Gasteiger partial charge in [0.25, 0.3) is 0 Å². The van der Waals surface area contributed by atoms with Crippen molar-refractivity contribution in [3.63, 3.8) is 0 Å². The molecule has 4 aliphatic rings. The highest BCUT2D eigenvalue weighted by molar-refractivity contribution is 5.42. The van der Waals surface area contributed by atoms with Gasteiger partial charge < -0.3 is 0 Å². The molecule has 4 aliphatic carbocycles. The highest BCUT2D eigenvalue weighted by Crippen LogP contribution is 2.30. The summed E-state index contributed by atoms with van der Waals surface area (Å²) in [5.74, 6) is 0.414. The van der Waals surface area contributed by atoms with Gasteiger partial charge in [0.05, 0.1) is 0 Å². The van der Waals surface area contributed by atoms with Gasteiger partial charge in [-0.25, -0.2) is 0 Å². The van der Waals surface area contributed by atoms with E-state index < -0.39 is 0 Å². The minimum atomic E-state index is 0.414. The molecular formula is C32H32. The Morgan fingerprint density at radius 2 is 1.12 bits per heavy atom. The minimum Gasteiger partial charge on any atom is -0.0622 e. The Labute approximate surface area is 193 Å². The van der Waals surface area contributed by atoms with E-state index in [2.05, 4.69) is 104 Å². The molecule has 0 amide bonds. The summed E-state index contributed by atoms with van der Waals surface area (Å²) in [5, 5.41) is 0. The lowest BCUT2D eigenvalue weighted by Gasteiger charge is -2.20. The fourth-order valence-electron chi connectivity index (χ4n) is 4.96. The Morgan fingerprint density at radius 1 is 0.562 bits per heavy atom. The first-order valence-corrected chi connectivity index (χ1v) is 12.1. The zero-order chi connectivity index (χ0) is 21.8. The van der Waals surface area contributed by atoms with Crippen molar-refractivity contribution in [2.45, 2.75) is 51.4 Å². The van der Waals surface area contributed by atoms with E-state index in [0.29, 0.717) is 5.92 Å². The van der Waals surface area contributed by atoms with Crippen molar-refractivity contribution in [2.75, 3.05) is 0 Å². The molecule has 0 nitrogen and oxygen atoms in total. The van der Waals surface area contributed by atoms with Gasteiger partial charge in [-0.3, -0.25) is 0 Å². The Kier molecular flexibility index (Phi) is 6.21. The molecule has 4 bridgehead atoms. The SMILES string of the molecule is C[C@@H](c1ccc(CCc2ccccc2)cc1)c1cc2ccc1CCc1ccc(cc1)CC2. The van der Waals surface area contributed by atoms with Crippen LogP contribution >= 0.6 is 0 Å².